The molecule has 0 saturated heterocycles. The molecular weight excluding hydrogens is 354 g/mol. The number of pyridine rings is 1. The Bertz CT molecular complexity index is 892. The third-order valence-corrected chi connectivity index (χ3v) is 5.11. The van der Waals surface area contributed by atoms with Crippen molar-refractivity contribution in [2.24, 2.45) is 0 Å². The number of rotatable bonds is 5. The monoisotopic (exact) mass is 371 g/mol. The van der Waals surface area contributed by atoms with E-state index in [1.165, 1.54) is 23.1 Å². The third kappa shape index (κ3) is 4.00. The molecule has 0 unspecified atom stereocenters. The summed E-state index contributed by atoms with van der Waals surface area (Å²) in [6.07, 6.45) is 3.56. The average molecular weight is 371 g/mol. The van der Waals surface area contributed by atoms with Crippen LogP contribution in [0.5, 0.6) is 5.75 Å². The van der Waals surface area contributed by atoms with Crippen LogP contribution in [-0.2, 0) is 0 Å². The minimum absolute atomic E-state index is 0.187. The van der Waals surface area contributed by atoms with E-state index in [0.29, 0.717) is 10.7 Å². The number of methoxy groups -OCH3 is 1. The largest absolute Gasteiger partial charge is 0.497 e. The van der Waals surface area contributed by atoms with E-state index < -0.39 is 0 Å². The summed E-state index contributed by atoms with van der Waals surface area (Å²) in [5, 5.41) is 4.26. The van der Waals surface area contributed by atoms with Crippen molar-refractivity contribution in [3.05, 3.63) is 53.0 Å². The summed E-state index contributed by atoms with van der Waals surface area (Å²) >= 11 is 2.96. The minimum atomic E-state index is -0.187. The Balaban J connectivity index is 1.80. The van der Waals surface area contributed by atoms with Crippen molar-refractivity contribution in [3.8, 4) is 17.0 Å². The number of thiazole rings is 1. The number of aryl methyl sites for hydroxylation is 1. The lowest BCUT2D eigenvalue weighted by Gasteiger charge is -2.03. The number of nitrogens with zero attached hydrogens (tertiary/aromatic N) is 2. The molecule has 25 heavy (non-hydrogen) atoms. The van der Waals surface area contributed by atoms with Gasteiger partial charge in [-0.2, -0.15) is 0 Å². The SMILES string of the molecule is COc1ccc(-c2nc(NC(=O)c3ccnc(SC)c3)sc2C)cc1. The van der Waals surface area contributed by atoms with Gasteiger partial charge in [-0.1, -0.05) is 0 Å². The molecule has 0 radical (unpaired) electrons. The maximum atomic E-state index is 12.4. The number of nitrogens with one attached hydrogen (secondary N) is 1. The topological polar surface area (TPSA) is 64.1 Å². The second-order valence-corrected chi connectivity index (χ2v) is 7.22. The quantitative estimate of drug-likeness (QED) is 0.669. The molecular formula is C18H17N3O2S2. The maximum Gasteiger partial charge on any atom is 0.257 e. The normalized spacial score (nSPS) is 10.5. The summed E-state index contributed by atoms with van der Waals surface area (Å²) < 4.78 is 5.18. The van der Waals surface area contributed by atoms with Crippen LogP contribution >= 0.6 is 23.1 Å². The Kier molecular flexibility index (Phi) is 5.35. The lowest BCUT2D eigenvalue weighted by molar-refractivity contribution is 0.102. The van der Waals surface area contributed by atoms with Gasteiger partial charge in [0.2, 0.25) is 0 Å². The molecule has 1 N–H and O–H groups in total. The molecule has 0 bridgehead atoms. The molecule has 0 saturated carbocycles. The molecule has 3 rings (SSSR count). The van der Waals surface area contributed by atoms with Crippen molar-refractivity contribution >= 4 is 34.1 Å². The van der Waals surface area contributed by atoms with E-state index in [1.54, 1.807) is 25.4 Å². The molecule has 1 amide bonds. The zero-order valence-corrected chi connectivity index (χ0v) is 15.7. The number of hydrogen-bond acceptors (Lipinski definition) is 6. The van der Waals surface area contributed by atoms with E-state index in [-0.39, 0.29) is 5.91 Å². The van der Waals surface area contributed by atoms with E-state index in [1.807, 2.05) is 37.4 Å². The molecule has 2 heterocycles. The van der Waals surface area contributed by atoms with Crippen LogP contribution in [0.3, 0.4) is 0 Å². The Labute approximate surface area is 154 Å². The number of carbonyl (C=O) groups excluding carboxylic acids is 1. The van der Waals surface area contributed by atoms with E-state index in [9.17, 15) is 4.79 Å². The van der Waals surface area contributed by atoms with Gasteiger partial charge in [-0.3, -0.25) is 10.1 Å². The Morgan fingerprint density at radius 1 is 1.24 bits per heavy atom. The highest BCUT2D eigenvalue weighted by molar-refractivity contribution is 7.98. The molecule has 0 spiro atoms. The highest BCUT2D eigenvalue weighted by atomic mass is 32.2. The standard InChI is InChI=1S/C18H17N3O2S2/c1-11-16(12-4-6-14(23-2)7-5-12)20-18(25-11)21-17(22)13-8-9-19-15(10-13)24-3/h4-10H,1-3H3,(H,20,21,22). The molecule has 3 aromatic rings. The molecule has 128 valence electrons. The Morgan fingerprint density at radius 3 is 2.68 bits per heavy atom. The lowest BCUT2D eigenvalue weighted by Crippen LogP contribution is -2.11. The molecule has 0 aliphatic carbocycles. The third-order valence-electron chi connectivity index (χ3n) is 3.59. The molecule has 7 heteroatoms. The smallest absolute Gasteiger partial charge is 0.257 e. The summed E-state index contributed by atoms with van der Waals surface area (Å²) in [4.78, 5) is 22.2. The fraction of sp³-hybridized carbons (Fsp3) is 0.167. The summed E-state index contributed by atoms with van der Waals surface area (Å²) in [7, 11) is 1.64. The van der Waals surface area contributed by atoms with E-state index >= 15 is 0 Å². The number of anilines is 1. The van der Waals surface area contributed by atoms with Crippen LogP contribution in [0, 0.1) is 6.92 Å². The van der Waals surface area contributed by atoms with Gasteiger partial charge in [0.15, 0.2) is 5.13 Å². The van der Waals surface area contributed by atoms with Gasteiger partial charge >= 0.3 is 0 Å². The predicted octanol–water partition coefficient (Wildman–Crippen LogP) is 4.50. The second kappa shape index (κ2) is 7.67. The first kappa shape index (κ1) is 17.4. The number of carbonyl (C=O) groups is 1. The number of aromatic nitrogens is 2. The van der Waals surface area contributed by atoms with Gasteiger partial charge in [0.05, 0.1) is 17.8 Å². The molecule has 1 aromatic carbocycles. The van der Waals surface area contributed by atoms with E-state index in [0.717, 1.165) is 26.9 Å². The van der Waals surface area contributed by atoms with Crippen LogP contribution in [0.4, 0.5) is 5.13 Å². The first-order chi connectivity index (χ1) is 12.1. The number of amides is 1. The van der Waals surface area contributed by atoms with Crippen LogP contribution in [0.1, 0.15) is 15.2 Å². The Hall–Kier alpha value is -2.38. The molecule has 0 aliphatic rings. The van der Waals surface area contributed by atoms with Gasteiger partial charge in [0, 0.05) is 22.2 Å². The van der Waals surface area contributed by atoms with Gasteiger partial charge in [-0.15, -0.1) is 23.1 Å². The fourth-order valence-electron chi connectivity index (χ4n) is 2.30. The summed E-state index contributed by atoms with van der Waals surface area (Å²) in [6.45, 7) is 1.99. The zero-order chi connectivity index (χ0) is 17.8. The molecule has 2 aromatic heterocycles. The second-order valence-electron chi connectivity index (χ2n) is 5.19. The van der Waals surface area contributed by atoms with Gasteiger partial charge in [-0.05, 0) is 49.6 Å². The number of benzene rings is 1. The molecule has 0 aliphatic heterocycles. The van der Waals surface area contributed by atoms with Crippen molar-refractivity contribution in [3.63, 3.8) is 0 Å². The summed E-state index contributed by atoms with van der Waals surface area (Å²) in [5.41, 5.74) is 2.42. The first-order valence-corrected chi connectivity index (χ1v) is 9.58. The average Bonchev–Trinajstić information content (AvgIpc) is 3.02. The van der Waals surface area contributed by atoms with Gasteiger partial charge in [0.25, 0.3) is 5.91 Å². The first-order valence-electron chi connectivity index (χ1n) is 7.54. The van der Waals surface area contributed by atoms with E-state index in [2.05, 4.69) is 15.3 Å². The fourth-order valence-corrected chi connectivity index (χ4v) is 3.54. The molecule has 0 atom stereocenters. The summed E-state index contributed by atoms with van der Waals surface area (Å²) in [6, 6.07) is 11.2. The minimum Gasteiger partial charge on any atom is -0.497 e. The van der Waals surface area contributed by atoms with Crippen molar-refractivity contribution < 1.29 is 9.53 Å². The molecule has 5 nitrogen and oxygen atoms in total. The van der Waals surface area contributed by atoms with Crippen LogP contribution in [0.2, 0.25) is 0 Å². The van der Waals surface area contributed by atoms with Gasteiger partial charge in [-0.25, -0.2) is 9.97 Å². The number of thioether (sulfide) groups is 1. The van der Waals surface area contributed by atoms with Crippen LogP contribution in [0.25, 0.3) is 11.3 Å². The Morgan fingerprint density at radius 2 is 2.00 bits per heavy atom. The lowest BCUT2D eigenvalue weighted by atomic mass is 10.1. The highest BCUT2D eigenvalue weighted by Crippen LogP contribution is 2.31. The molecule has 0 fully saturated rings. The van der Waals surface area contributed by atoms with Crippen LogP contribution in [-0.4, -0.2) is 29.2 Å². The van der Waals surface area contributed by atoms with Crippen molar-refractivity contribution in [2.75, 3.05) is 18.7 Å². The van der Waals surface area contributed by atoms with Crippen LogP contribution < -0.4 is 10.1 Å². The predicted molar refractivity (Wildman–Crippen MR) is 103 cm³/mol. The zero-order valence-electron chi connectivity index (χ0n) is 14.1. The van der Waals surface area contributed by atoms with Crippen molar-refractivity contribution in [1.82, 2.24) is 9.97 Å². The number of hydrogen-bond donors (Lipinski definition) is 1. The van der Waals surface area contributed by atoms with Gasteiger partial charge in [0.1, 0.15) is 5.75 Å². The van der Waals surface area contributed by atoms with Crippen LogP contribution in [0.15, 0.2) is 47.6 Å². The maximum absolute atomic E-state index is 12.4. The number of ether oxygens (including phenoxy) is 1. The highest BCUT2D eigenvalue weighted by Gasteiger charge is 2.14. The van der Waals surface area contributed by atoms with Gasteiger partial charge < -0.3 is 4.74 Å². The van der Waals surface area contributed by atoms with E-state index in [4.69, 9.17) is 4.74 Å². The summed E-state index contributed by atoms with van der Waals surface area (Å²) in [5.74, 6) is 0.611. The van der Waals surface area contributed by atoms with Crippen molar-refractivity contribution in [2.45, 2.75) is 11.9 Å². The van der Waals surface area contributed by atoms with Crippen molar-refractivity contribution in [1.29, 1.82) is 0 Å².